The Balaban J connectivity index is 2.75. The monoisotopic (exact) mass is 157 g/mol. The summed E-state index contributed by atoms with van der Waals surface area (Å²) in [5.74, 6) is -1.17. The van der Waals surface area contributed by atoms with Crippen LogP contribution in [0.25, 0.3) is 0 Å². The van der Waals surface area contributed by atoms with Crippen molar-refractivity contribution in [2.24, 2.45) is 11.8 Å². The third-order valence-electron chi connectivity index (χ3n) is 1.96. The summed E-state index contributed by atoms with van der Waals surface area (Å²) < 4.78 is 0. The van der Waals surface area contributed by atoms with Crippen LogP contribution in [-0.2, 0) is 9.59 Å². The number of hydrogen-bond donors (Lipinski definition) is 1. The molecule has 4 heteroatoms. The van der Waals surface area contributed by atoms with E-state index >= 15 is 0 Å². The maximum Gasteiger partial charge on any atom is 0.257 e. The van der Waals surface area contributed by atoms with E-state index in [2.05, 4.69) is 0 Å². The highest BCUT2D eigenvalue weighted by Gasteiger charge is 2.39. The van der Waals surface area contributed by atoms with Gasteiger partial charge in [-0.15, -0.1) is 0 Å². The standard InChI is InChI=1S/C7H11NO3/c1-4(2)5-3-6(9)8(11)7(5)10/h4-5,11H,3H2,1-2H3. The highest BCUT2D eigenvalue weighted by atomic mass is 16.5. The molecule has 1 unspecified atom stereocenters. The van der Waals surface area contributed by atoms with Crippen molar-refractivity contribution in [1.29, 1.82) is 0 Å². The summed E-state index contributed by atoms with van der Waals surface area (Å²) >= 11 is 0. The molecule has 0 saturated carbocycles. The first-order chi connectivity index (χ1) is 5.04. The summed E-state index contributed by atoms with van der Waals surface area (Å²) in [7, 11) is 0. The lowest BCUT2D eigenvalue weighted by atomic mass is 9.95. The van der Waals surface area contributed by atoms with Gasteiger partial charge in [-0.25, -0.2) is 0 Å². The van der Waals surface area contributed by atoms with Gasteiger partial charge >= 0.3 is 0 Å². The summed E-state index contributed by atoms with van der Waals surface area (Å²) in [6, 6.07) is 0. The van der Waals surface area contributed by atoms with E-state index in [1.807, 2.05) is 13.8 Å². The van der Waals surface area contributed by atoms with Gasteiger partial charge in [-0.05, 0) is 5.92 Å². The summed E-state index contributed by atoms with van der Waals surface area (Å²) in [5, 5.41) is 9.05. The van der Waals surface area contributed by atoms with E-state index in [0.717, 1.165) is 0 Å². The van der Waals surface area contributed by atoms with Crippen LogP contribution < -0.4 is 0 Å². The van der Waals surface area contributed by atoms with E-state index in [0.29, 0.717) is 0 Å². The van der Waals surface area contributed by atoms with Crippen molar-refractivity contribution in [3.63, 3.8) is 0 Å². The van der Waals surface area contributed by atoms with Crippen LogP contribution in [0.5, 0.6) is 0 Å². The summed E-state index contributed by atoms with van der Waals surface area (Å²) in [6.07, 6.45) is 0.146. The fraction of sp³-hybridized carbons (Fsp3) is 0.714. The molecule has 1 fully saturated rings. The van der Waals surface area contributed by atoms with E-state index in [4.69, 9.17) is 5.21 Å². The Bertz CT molecular complexity index is 200. The first kappa shape index (κ1) is 8.20. The lowest BCUT2D eigenvalue weighted by molar-refractivity contribution is -0.172. The van der Waals surface area contributed by atoms with Crippen molar-refractivity contribution in [3.05, 3.63) is 0 Å². The summed E-state index contributed by atoms with van der Waals surface area (Å²) in [5.41, 5.74) is 0. The van der Waals surface area contributed by atoms with Gasteiger partial charge in [0.25, 0.3) is 11.8 Å². The molecule has 4 nitrogen and oxygen atoms in total. The molecule has 0 bridgehead atoms. The van der Waals surface area contributed by atoms with Crippen LogP contribution in [0.15, 0.2) is 0 Å². The van der Waals surface area contributed by atoms with Crippen molar-refractivity contribution >= 4 is 11.8 Å². The van der Waals surface area contributed by atoms with Crippen molar-refractivity contribution < 1.29 is 14.8 Å². The predicted octanol–water partition coefficient (Wildman–Crippen LogP) is 0.407. The van der Waals surface area contributed by atoms with E-state index in [9.17, 15) is 9.59 Å². The molecule has 0 aromatic rings. The second-order valence-electron chi connectivity index (χ2n) is 3.10. The molecular formula is C7H11NO3. The lowest BCUT2D eigenvalue weighted by Crippen LogP contribution is -2.27. The molecule has 1 aliphatic heterocycles. The molecule has 1 atom stereocenters. The maximum absolute atomic E-state index is 11.0. The fourth-order valence-electron chi connectivity index (χ4n) is 1.16. The second kappa shape index (κ2) is 2.62. The first-order valence-electron chi connectivity index (χ1n) is 3.59. The molecule has 2 amide bonds. The van der Waals surface area contributed by atoms with Crippen molar-refractivity contribution in [3.8, 4) is 0 Å². The zero-order valence-corrected chi connectivity index (χ0v) is 6.57. The number of hydrogen-bond acceptors (Lipinski definition) is 3. The predicted molar refractivity (Wildman–Crippen MR) is 36.6 cm³/mol. The molecule has 1 N–H and O–H groups in total. The van der Waals surface area contributed by atoms with Gasteiger partial charge in [0.05, 0.1) is 5.92 Å². The Labute approximate surface area is 64.8 Å². The molecule has 62 valence electrons. The Hall–Kier alpha value is -0.900. The molecule has 0 aliphatic carbocycles. The molecule has 1 saturated heterocycles. The summed E-state index contributed by atoms with van der Waals surface area (Å²) in [6.45, 7) is 3.71. The van der Waals surface area contributed by atoms with Crippen molar-refractivity contribution in [1.82, 2.24) is 5.06 Å². The van der Waals surface area contributed by atoms with E-state index < -0.39 is 11.8 Å². The third-order valence-corrected chi connectivity index (χ3v) is 1.96. The molecule has 0 spiro atoms. The maximum atomic E-state index is 11.0. The van der Waals surface area contributed by atoms with Gasteiger partial charge < -0.3 is 0 Å². The quantitative estimate of drug-likeness (QED) is 0.443. The van der Waals surface area contributed by atoms with Crippen molar-refractivity contribution in [2.75, 3.05) is 0 Å². The number of carbonyl (C=O) groups excluding carboxylic acids is 2. The Kier molecular flexibility index (Phi) is 1.95. The number of rotatable bonds is 1. The van der Waals surface area contributed by atoms with Crippen molar-refractivity contribution in [2.45, 2.75) is 20.3 Å². The number of nitrogens with zero attached hydrogens (tertiary/aromatic N) is 1. The largest absolute Gasteiger partial charge is 0.279 e. The number of hydroxylamine groups is 2. The van der Waals surface area contributed by atoms with Gasteiger partial charge in [-0.3, -0.25) is 14.8 Å². The van der Waals surface area contributed by atoms with Crippen LogP contribution in [-0.4, -0.2) is 22.1 Å². The van der Waals surface area contributed by atoms with Crippen LogP contribution in [0.3, 0.4) is 0 Å². The third kappa shape index (κ3) is 1.26. The van der Waals surface area contributed by atoms with E-state index in [1.165, 1.54) is 0 Å². The molecule has 0 aromatic heterocycles. The SMILES string of the molecule is CC(C)C1CC(=O)N(O)C1=O. The number of imide groups is 1. The fourth-order valence-corrected chi connectivity index (χ4v) is 1.16. The van der Waals surface area contributed by atoms with E-state index in [-0.39, 0.29) is 23.3 Å². The molecule has 0 aromatic carbocycles. The minimum absolute atomic E-state index is 0.114. The minimum Gasteiger partial charge on any atom is -0.279 e. The lowest BCUT2D eigenvalue weighted by Gasteiger charge is -2.09. The highest BCUT2D eigenvalue weighted by molar-refractivity contribution is 6.02. The first-order valence-corrected chi connectivity index (χ1v) is 3.59. The van der Waals surface area contributed by atoms with Gasteiger partial charge in [0.1, 0.15) is 0 Å². The smallest absolute Gasteiger partial charge is 0.257 e. The zero-order chi connectivity index (χ0) is 8.59. The number of amides is 2. The molecule has 1 aliphatic rings. The van der Waals surface area contributed by atoms with Crippen LogP contribution in [0.4, 0.5) is 0 Å². The molecule has 1 heterocycles. The normalized spacial score (nSPS) is 25.5. The van der Waals surface area contributed by atoms with Gasteiger partial charge in [-0.2, -0.15) is 5.06 Å². The minimum atomic E-state index is -0.492. The molecule has 1 rings (SSSR count). The Morgan fingerprint density at radius 3 is 2.27 bits per heavy atom. The van der Waals surface area contributed by atoms with Crippen LogP contribution in [0.1, 0.15) is 20.3 Å². The highest BCUT2D eigenvalue weighted by Crippen LogP contribution is 2.24. The molecule has 11 heavy (non-hydrogen) atoms. The van der Waals surface area contributed by atoms with Crippen LogP contribution in [0, 0.1) is 11.8 Å². The van der Waals surface area contributed by atoms with Gasteiger partial charge in [0.2, 0.25) is 0 Å². The van der Waals surface area contributed by atoms with Gasteiger partial charge in [0.15, 0.2) is 0 Å². The van der Waals surface area contributed by atoms with Crippen LogP contribution >= 0.6 is 0 Å². The number of carbonyl (C=O) groups is 2. The molecular weight excluding hydrogens is 146 g/mol. The Morgan fingerprint density at radius 1 is 1.55 bits per heavy atom. The second-order valence-corrected chi connectivity index (χ2v) is 3.10. The average Bonchev–Trinajstić information content (AvgIpc) is 2.17. The van der Waals surface area contributed by atoms with E-state index in [1.54, 1.807) is 0 Å². The van der Waals surface area contributed by atoms with Gasteiger partial charge in [-0.1, -0.05) is 13.8 Å². The Morgan fingerprint density at radius 2 is 2.09 bits per heavy atom. The zero-order valence-electron chi connectivity index (χ0n) is 6.57. The average molecular weight is 157 g/mol. The van der Waals surface area contributed by atoms with Crippen LogP contribution in [0.2, 0.25) is 0 Å². The molecule has 0 radical (unpaired) electrons. The topological polar surface area (TPSA) is 57.6 Å². The summed E-state index contributed by atoms with van der Waals surface area (Å²) in [4.78, 5) is 21.8. The van der Waals surface area contributed by atoms with Gasteiger partial charge in [0, 0.05) is 6.42 Å².